The van der Waals surface area contributed by atoms with Crippen molar-refractivity contribution < 1.29 is 14.3 Å². The molecule has 1 aliphatic rings. The average Bonchev–Trinajstić information content (AvgIpc) is 3.33. The van der Waals surface area contributed by atoms with Crippen molar-refractivity contribution in [2.45, 2.75) is 12.5 Å². The van der Waals surface area contributed by atoms with Crippen LogP contribution >= 0.6 is 0 Å². The maximum Gasteiger partial charge on any atom is 0.338 e. The van der Waals surface area contributed by atoms with Crippen LogP contribution in [0.3, 0.4) is 0 Å². The fourth-order valence-electron chi connectivity index (χ4n) is 3.55. The number of nitrogens with zero attached hydrogens (tertiary/aromatic N) is 3. The topological polar surface area (TPSA) is 64.4 Å². The number of para-hydroxylation sites is 2. The Labute approximate surface area is 151 Å². The van der Waals surface area contributed by atoms with E-state index in [-0.39, 0.29) is 11.9 Å². The van der Waals surface area contributed by atoms with Crippen LogP contribution in [0, 0.1) is 0 Å². The predicted molar refractivity (Wildman–Crippen MR) is 97.1 cm³/mol. The van der Waals surface area contributed by atoms with Crippen LogP contribution in [0.2, 0.25) is 0 Å². The molecule has 3 aromatic rings. The van der Waals surface area contributed by atoms with Crippen molar-refractivity contribution in [2.75, 3.05) is 20.2 Å². The summed E-state index contributed by atoms with van der Waals surface area (Å²) in [6, 6.07) is 14.9. The molecule has 132 valence electrons. The molecule has 1 saturated heterocycles. The molecule has 2 aromatic carbocycles. The van der Waals surface area contributed by atoms with E-state index in [1.165, 1.54) is 7.11 Å². The number of fused-ring (bicyclic) bond motifs is 1. The lowest BCUT2D eigenvalue weighted by Crippen LogP contribution is -2.30. The molecule has 6 heteroatoms. The molecule has 4 rings (SSSR count). The summed E-state index contributed by atoms with van der Waals surface area (Å²) >= 11 is 0. The summed E-state index contributed by atoms with van der Waals surface area (Å²) in [6.45, 7) is 1.24. The van der Waals surface area contributed by atoms with Crippen LogP contribution in [0.4, 0.5) is 0 Å². The summed E-state index contributed by atoms with van der Waals surface area (Å²) in [7, 11) is 1.32. The fourth-order valence-corrected chi connectivity index (χ4v) is 3.55. The number of carbonyl (C=O) groups excluding carboxylic acids is 2. The highest BCUT2D eigenvalue weighted by Gasteiger charge is 2.30. The number of hydrogen-bond acceptors (Lipinski definition) is 4. The van der Waals surface area contributed by atoms with E-state index >= 15 is 0 Å². The van der Waals surface area contributed by atoms with E-state index in [9.17, 15) is 9.59 Å². The number of esters is 1. The van der Waals surface area contributed by atoms with Gasteiger partial charge in [-0.1, -0.05) is 24.3 Å². The zero-order chi connectivity index (χ0) is 18.1. The number of rotatable bonds is 3. The number of imidazole rings is 1. The van der Waals surface area contributed by atoms with Crippen LogP contribution in [0.15, 0.2) is 54.9 Å². The quantitative estimate of drug-likeness (QED) is 0.682. The zero-order valence-electron chi connectivity index (χ0n) is 14.5. The number of aromatic nitrogens is 2. The van der Waals surface area contributed by atoms with Gasteiger partial charge in [0.15, 0.2) is 0 Å². The molecule has 0 aliphatic carbocycles. The highest BCUT2D eigenvalue weighted by Crippen LogP contribution is 2.27. The van der Waals surface area contributed by atoms with Gasteiger partial charge in [0.1, 0.15) is 0 Å². The maximum atomic E-state index is 13.0. The molecule has 1 fully saturated rings. The van der Waals surface area contributed by atoms with Gasteiger partial charge in [-0.05, 0) is 30.7 Å². The molecule has 2 heterocycles. The van der Waals surface area contributed by atoms with Gasteiger partial charge in [-0.3, -0.25) is 4.79 Å². The highest BCUT2D eigenvalue weighted by atomic mass is 16.5. The Morgan fingerprint density at radius 3 is 2.62 bits per heavy atom. The van der Waals surface area contributed by atoms with Crippen LogP contribution in [0.5, 0.6) is 0 Å². The Kier molecular flexibility index (Phi) is 4.16. The Balaban J connectivity index is 1.58. The van der Waals surface area contributed by atoms with Crippen LogP contribution in [0.1, 0.15) is 33.2 Å². The van der Waals surface area contributed by atoms with E-state index in [0.717, 1.165) is 17.5 Å². The van der Waals surface area contributed by atoms with Gasteiger partial charge in [-0.25, -0.2) is 9.78 Å². The maximum absolute atomic E-state index is 13.0. The van der Waals surface area contributed by atoms with Gasteiger partial charge in [0.25, 0.3) is 5.91 Å². The Morgan fingerprint density at radius 2 is 1.81 bits per heavy atom. The lowest BCUT2D eigenvalue weighted by Gasteiger charge is -2.18. The summed E-state index contributed by atoms with van der Waals surface area (Å²) in [5, 5.41) is 0. The van der Waals surface area contributed by atoms with E-state index < -0.39 is 5.97 Å². The van der Waals surface area contributed by atoms with Crippen molar-refractivity contribution in [1.82, 2.24) is 14.5 Å². The van der Waals surface area contributed by atoms with Crippen LogP contribution in [-0.2, 0) is 4.74 Å². The second-order valence-electron chi connectivity index (χ2n) is 6.37. The zero-order valence-corrected chi connectivity index (χ0v) is 14.5. The Hall–Kier alpha value is -3.15. The smallest absolute Gasteiger partial charge is 0.338 e. The van der Waals surface area contributed by atoms with E-state index in [4.69, 9.17) is 4.74 Å². The van der Waals surface area contributed by atoms with Crippen molar-refractivity contribution in [1.29, 1.82) is 0 Å². The normalized spacial score (nSPS) is 16.8. The third-order valence-corrected chi connectivity index (χ3v) is 4.89. The fraction of sp³-hybridized carbons (Fsp3) is 0.250. The first-order chi connectivity index (χ1) is 12.7. The molecule has 1 amide bonds. The average molecular weight is 349 g/mol. The molecule has 0 bridgehead atoms. The molecule has 1 aromatic heterocycles. The lowest BCUT2D eigenvalue weighted by molar-refractivity contribution is 0.0592. The molecule has 1 atom stereocenters. The number of ether oxygens (including phenoxy) is 1. The summed E-state index contributed by atoms with van der Waals surface area (Å²) in [4.78, 5) is 31.1. The highest BCUT2D eigenvalue weighted by molar-refractivity contribution is 6.05. The Morgan fingerprint density at radius 1 is 1.08 bits per heavy atom. The van der Waals surface area contributed by atoms with Gasteiger partial charge in [0.05, 0.1) is 41.6 Å². The predicted octanol–water partition coefficient (Wildman–Crippen LogP) is 2.91. The molecule has 0 N–H and O–H groups in total. The van der Waals surface area contributed by atoms with Gasteiger partial charge < -0.3 is 14.2 Å². The summed E-state index contributed by atoms with van der Waals surface area (Å²) in [6.07, 6.45) is 2.69. The summed E-state index contributed by atoms with van der Waals surface area (Å²) in [5.41, 5.74) is 2.71. The van der Waals surface area contributed by atoms with Gasteiger partial charge >= 0.3 is 5.97 Å². The van der Waals surface area contributed by atoms with Gasteiger partial charge in [0, 0.05) is 13.1 Å². The minimum absolute atomic E-state index is 0.141. The molecule has 1 aliphatic heterocycles. The second kappa shape index (κ2) is 6.63. The monoisotopic (exact) mass is 349 g/mol. The SMILES string of the molecule is COC(=O)c1ccccc1C(=O)N1CC[C@@H](n2cnc3ccccc32)C1. The molecule has 0 spiro atoms. The summed E-state index contributed by atoms with van der Waals surface area (Å²) < 4.78 is 6.93. The molecule has 0 unspecified atom stereocenters. The molecular weight excluding hydrogens is 330 g/mol. The molecular formula is C20H19N3O3. The van der Waals surface area contributed by atoms with Crippen molar-refractivity contribution >= 4 is 22.9 Å². The van der Waals surface area contributed by atoms with Gasteiger partial charge in [0.2, 0.25) is 0 Å². The van der Waals surface area contributed by atoms with Gasteiger partial charge in [-0.2, -0.15) is 0 Å². The number of benzene rings is 2. The Bertz CT molecular complexity index is 979. The largest absolute Gasteiger partial charge is 0.465 e. The first-order valence-corrected chi connectivity index (χ1v) is 8.57. The standard InChI is InChI=1S/C20H19N3O3/c1-26-20(25)16-7-3-2-6-15(16)19(24)22-11-10-14(12-22)23-13-21-17-8-4-5-9-18(17)23/h2-9,13-14H,10-12H2,1H3/t14-/m1/s1. The minimum atomic E-state index is -0.495. The molecule has 6 nitrogen and oxygen atoms in total. The van der Waals surface area contributed by atoms with Crippen molar-refractivity contribution in [3.8, 4) is 0 Å². The van der Waals surface area contributed by atoms with Crippen molar-refractivity contribution in [2.24, 2.45) is 0 Å². The van der Waals surface area contributed by atoms with Crippen LogP contribution < -0.4 is 0 Å². The van der Waals surface area contributed by atoms with Crippen molar-refractivity contribution in [3.05, 3.63) is 66.0 Å². The van der Waals surface area contributed by atoms with Crippen LogP contribution in [0.25, 0.3) is 11.0 Å². The third-order valence-electron chi connectivity index (χ3n) is 4.89. The molecule has 26 heavy (non-hydrogen) atoms. The molecule has 0 saturated carbocycles. The second-order valence-corrected chi connectivity index (χ2v) is 6.37. The van der Waals surface area contributed by atoms with E-state index in [1.807, 2.05) is 30.6 Å². The minimum Gasteiger partial charge on any atom is -0.465 e. The van der Waals surface area contributed by atoms with E-state index in [0.29, 0.717) is 24.2 Å². The number of hydrogen-bond donors (Lipinski definition) is 0. The van der Waals surface area contributed by atoms with Crippen molar-refractivity contribution in [3.63, 3.8) is 0 Å². The van der Waals surface area contributed by atoms with E-state index in [2.05, 4.69) is 9.55 Å². The number of likely N-dealkylation sites (tertiary alicyclic amines) is 1. The van der Waals surface area contributed by atoms with Gasteiger partial charge in [-0.15, -0.1) is 0 Å². The summed E-state index contributed by atoms with van der Waals surface area (Å²) in [5.74, 6) is -0.636. The third kappa shape index (κ3) is 2.73. The number of methoxy groups -OCH3 is 1. The number of amides is 1. The van der Waals surface area contributed by atoms with E-state index in [1.54, 1.807) is 29.2 Å². The molecule has 0 radical (unpaired) electrons. The first-order valence-electron chi connectivity index (χ1n) is 8.57. The van der Waals surface area contributed by atoms with Crippen LogP contribution in [-0.4, -0.2) is 46.5 Å². The first kappa shape index (κ1) is 16.3. The number of carbonyl (C=O) groups is 2. The lowest BCUT2D eigenvalue weighted by atomic mass is 10.1.